The molecule has 1 aliphatic rings. The van der Waals surface area contributed by atoms with E-state index in [2.05, 4.69) is 22.2 Å². The monoisotopic (exact) mass is 411 g/mol. The number of aryl methyl sites for hydroxylation is 2. The van der Waals surface area contributed by atoms with Gasteiger partial charge in [-0.15, -0.1) is 11.3 Å². The third-order valence-corrected chi connectivity index (χ3v) is 5.92. The Labute approximate surface area is 174 Å². The number of thiophene rings is 1. The van der Waals surface area contributed by atoms with Crippen LogP contribution in [0.25, 0.3) is 10.9 Å². The molecule has 1 N–H and O–H groups in total. The molecular weight excluding hydrogens is 386 g/mol. The van der Waals surface area contributed by atoms with Crippen molar-refractivity contribution in [2.45, 2.75) is 13.8 Å². The zero-order valence-electron chi connectivity index (χ0n) is 16.9. The van der Waals surface area contributed by atoms with Crippen molar-refractivity contribution in [2.24, 2.45) is 0 Å². The van der Waals surface area contributed by atoms with Gasteiger partial charge in [-0.1, -0.05) is 0 Å². The molecule has 29 heavy (non-hydrogen) atoms. The van der Waals surface area contributed by atoms with Crippen molar-refractivity contribution in [3.8, 4) is 5.06 Å². The Morgan fingerprint density at radius 1 is 1.14 bits per heavy atom. The van der Waals surface area contributed by atoms with Gasteiger partial charge >= 0.3 is 0 Å². The fourth-order valence-electron chi connectivity index (χ4n) is 3.32. The van der Waals surface area contributed by atoms with Crippen molar-refractivity contribution in [1.29, 1.82) is 0 Å². The number of hydrogen-bond acceptors (Lipinski definition) is 7. The van der Waals surface area contributed by atoms with Gasteiger partial charge in [-0.2, -0.15) is 0 Å². The maximum Gasteiger partial charge on any atom is 0.262 e. The molecule has 152 valence electrons. The van der Waals surface area contributed by atoms with Gasteiger partial charge in [0.25, 0.3) is 5.91 Å². The Morgan fingerprint density at radius 2 is 1.93 bits per heavy atom. The van der Waals surface area contributed by atoms with Gasteiger partial charge in [0.15, 0.2) is 11.7 Å². The number of carbonyl (C=O) groups excluding carboxylic acids is 1. The number of piperazine rings is 1. The van der Waals surface area contributed by atoms with Gasteiger partial charge in [-0.25, -0.2) is 9.97 Å². The van der Waals surface area contributed by atoms with Gasteiger partial charge in [0.05, 0.1) is 11.2 Å². The highest BCUT2D eigenvalue weighted by molar-refractivity contribution is 7.13. The molecule has 8 heteroatoms. The molecule has 4 rings (SSSR count). The van der Waals surface area contributed by atoms with Crippen LogP contribution in [-0.4, -0.2) is 60.6 Å². The molecule has 7 nitrogen and oxygen atoms in total. The second-order valence-electron chi connectivity index (χ2n) is 7.33. The molecule has 0 bridgehead atoms. The zero-order valence-corrected chi connectivity index (χ0v) is 17.8. The van der Waals surface area contributed by atoms with Crippen LogP contribution in [0.15, 0.2) is 30.3 Å². The molecule has 1 amide bonds. The fourth-order valence-corrected chi connectivity index (χ4v) is 4.02. The molecule has 1 aromatic carbocycles. The fraction of sp³-hybridized carbons (Fsp3) is 0.381. The van der Waals surface area contributed by atoms with Crippen molar-refractivity contribution in [3.05, 3.63) is 40.9 Å². The van der Waals surface area contributed by atoms with Crippen LogP contribution in [0.1, 0.15) is 10.6 Å². The summed E-state index contributed by atoms with van der Waals surface area (Å²) in [6, 6.07) is 9.58. The summed E-state index contributed by atoms with van der Waals surface area (Å²) in [6.45, 7) is 7.86. The topological polar surface area (TPSA) is 70.6 Å². The predicted molar refractivity (Wildman–Crippen MR) is 117 cm³/mol. The van der Waals surface area contributed by atoms with E-state index >= 15 is 0 Å². The van der Waals surface area contributed by atoms with Crippen LogP contribution in [0.4, 0.5) is 11.6 Å². The SMILES string of the molecule is Cc1ccc(OCC(=O)Nc2ccc3nc(N4CCN(C)CC4)nc(C)c3c2)s1. The third kappa shape index (κ3) is 4.65. The first-order chi connectivity index (χ1) is 14.0. The summed E-state index contributed by atoms with van der Waals surface area (Å²) in [5, 5.41) is 4.58. The van der Waals surface area contributed by atoms with E-state index in [1.807, 2.05) is 44.2 Å². The van der Waals surface area contributed by atoms with E-state index in [-0.39, 0.29) is 12.5 Å². The Balaban J connectivity index is 1.45. The van der Waals surface area contributed by atoms with Crippen molar-refractivity contribution < 1.29 is 9.53 Å². The largest absolute Gasteiger partial charge is 0.474 e. The molecule has 1 saturated heterocycles. The first-order valence-corrected chi connectivity index (χ1v) is 10.5. The van der Waals surface area contributed by atoms with Crippen molar-refractivity contribution in [3.63, 3.8) is 0 Å². The summed E-state index contributed by atoms with van der Waals surface area (Å²) in [7, 11) is 2.13. The molecule has 3 aromatic rings. The highest BCUT2D eigenvalue weighted by Gasteiger charge is 2.18. The molecule has 0 aliphatic carbocycles. The lowest BCUT2D eigenvalue weighted by Crippen LogP contribution is -2.45. The number of nitrogens with one attached hydrogen (secondary N) is 1. The van der Waals surface area contributed by atoms with Crippen molar-refractivity contribution in [2.75, 3.05) is 50.1 Å². The molecule has 3 heterocycles. The molecular formula is C21H25N5O2S. The van der Waals surface area contributed by atoms with Crippen LogP contribution in [0.5, 0.6) is 5.06 Å². The number of aromatic nitrogens is 2. The van der Waals surface area contributed by atoms with E-state index in [9.17, 15) is 4.79 Å². The van der Waals surface area contributed by atoms with Crippen LogP contribution in [-0.2, 0) is 4.79 Å². The average Bonchev–Trinajstić information content (AvgIpc) is 3.12. The second kappa shape index (κ2) is 8.34. The Kier molecular flexibility index (Phi) is 5.64. The summed E-state index contributed by atoms with van der Waals surface area (Å²) in [5.74, 6) is 0.586. The molecule has 0 saturated carbocycles. The third-order valence-electron chi connectivity index (χ3n) is 5.01. The lowest BCUT2D eigenvalue weighted by molar-refractivity contribution is -0.118. The van der Waals surface area contributed by atoms with E-state index in [1.165, 1.54) is 11.3 Å². The molecule has 0 spiro atoms. The maximum absolute atomic E-state index is 12.2. The number of ether oxygens (including phenoxy) is 1. The van der Waals surface area contributed by atoms with Crippen LogP contribution < -0.4 is 15.0 Å². The van der Waals surface area contributed by atoms with Gasteiger partial charge in [0.1, 0.15) is 0 Å². The zero-order chi connectivity index (χ0) is 20.4. The summed E-state index contributed by atoms with van der Waals surface area (Å²) in [6.07, 6.45) is 0. The Bertz CT molecular complexity index is 1030. The minimum atomic E-state index is -0.192. The number of rotatable bonds is 5. The quantitative estimate of drug-likeness (QED) is 0.696. The summed E-state index contributed by atoms with van der Waals surface area (Å²) in [4.78, 5) is 27.4. The second-order valence-corrected chi connectivity index (χ2v) is 8.58. The number of amides is 1. The molecule has 1 aliphatic heterocycles. The standard InChI is InChI=1S/C21H25N5O2S/c1-14-4-7-20(29-14)28-13-19(27)23-16-5-6-18-17(12-16)15(2)22-21(24-18)26-10-8-25(3)9-11-26/h4-7,12H,8-11,13H2,1-3H3,(H,23,27). The number of hydrogen-bond donors (Lipinski definition) is 1. The van der Waals surface area contributed by atoms with Gasteiger partial charge in [0.2, 0.25) is 5.95 Å². The normalized spacial score (nSPS) is 14.9. The van der Waals surface area contributed by atoms with Gasteiger partial charge in [0, 0.05) is 42.1 Å². The highest BCUT2D eigenvalue weighted by Crippen LogP contribution is 2.25. The van der Waals surface area contributed by atoms with E-state index in [1.54, 1.807) is 0 Å². The first kappa shape index (κ1) is 19.6. The number of anilines is 2. The molecule has 1 fully saturated rings. The number of nitrogens with zero attached hydrogens (tertiary/aromatic N) is 4. The van der Waals surface area contributed by atoms with Crippen LogP contribution >= 0.6 is 11.3 Å². The van der Waals surface area contributed by atoms with Gasteiger partial charge in [-0.05, 0) is 51.2 Å². The predicted octanol–water partition coefficient (Wildman–Crippen LogP) is 3.08. The van der Waals surface area contributed by atoms with Crippen LogP contribution in [0.3, 0.4) is 0 Å². The van der Waals surface area contributed by atoms with Crippen molar-refractivity contribution in [1.82, 2.24) is 14.9 Å². The highest BCUT2D eigenvalue weighted by atomic mass is 32.1. The molecule has 0 atom stereocenters. The van der Waals surface area contributed by atoms with E-state index in [4.69, 9.17) is 14.7 Å². The smallest absolute Gasteiger partial charge is 0.262 e. The van der Waals surface area contributed by atoms with E-state index < -0.39 is 0 Å². The number of fused-ring (bicyclic) bond motifs is 1. The number of benzene rings is 1. The Morgan fingerprint density at radius 3 is 2.66 bits per heavy atom. The minimum Gasteiger partial charge on any atom is -0.474 e. The van der Waals surface area contributed by atoms with Crippen LogP contribution in [0.2, 0.25) is 0 Å². The Hall–Kier alpha value is -2.71. The number of carbonyl (C=O) groups is 1. The van der Waals surface area contributed by atoms with Gasteiger partial charge < -0.3 is 19.9 Å². The van der Waals surface area contributed by atoms with E-state index in [0.717, 1.165) is 58.7 Å². The minimum absolute atomic E-state index is 0.0180. The molecule has 0 radical (unpaired) electrons. The summed E-state index contributed by atoms with van der Waals surface area (Å²) >= 11 is 1.53. The summed E-state index contributed by atoms with van der Waals surface area (Å²) < 4.78 is 5.54. The number of likely N-dealkylation sites (N-methyl/N-ethyl adjacent to an activating group) is 1. The van der Waals surface area contributed by atoms with Crippen LogP contribution in [0, 0.1) is 13.8 Å². The van der Waals surface area contributed by atoms with Crippen molar-refractivity contribution >= 4 is 39.8 Å². The lowest BCUT2D eigenvalue weighted by atomic mass is 10.1. The maximum atomic E-state index is 12.2. The average molecular weight is 412 g/mol. The summed E-state index contributed by atoms with van der Waals surface area (Å²) in [5.41, 5.74) is 2.51. The van der Waals surface area contributed by atoms with E-state index in [0.29, 0.717) is 5.69 Å². The molecule has 0 unspecified atom stereocenters. The van der Waals surface area contributed by atoms with Gasteiger partial charge in [-0.3, -0.25) is 4.79 Å². The molecule has 2 aromatic heterocycles. The lowest BCUT2D eigenvalue weighted by Gasteiger charge is -2.32. The first-order valence-electron chi connectivity index (χ1n) is 9.69.